The molecule has 3 amide bonds. The van der Waals surface area contributed by atoms with E-state index in [-0.39, 0.29) is 11.9 Å². The van der Waals surface area contributed by atoms with Gasteiger partial charge in [-0.1, -0.05) is 29.8 Å². The number of benzene rings is 2. The molecule has 0 aliphatic carbocycles. The van der Waals surface area contributed by atoms with Crippen molar-refractivity contribution in [2.75, 3.05) is 25.6 Å². The van der Waals surface area contributed by atoms with Gasteiger partial charge in [0.1, 0.15) is 5.75 Å². The molecular formula is C21H21N3O3. The molecule has 0 aromatic heterocycles. The van der Waals surface area contributed by atoms with Crippen LogP contribution in [0.15, 0.2) is 59.8 Å². The van der Waals surface area contributed by atoms with Gasteiger partial charge in [-0.15, -0.1) is 0 Å². The molecule has 2 aromatic carbocycles. The van der Waals surface area contributed by atoms with Gasteiger partial charge in [0.2, 0.25) is 0 Å². The van der Waals surface area contributed by atoms with Gasteiger partial charge in [0.15, 0.2) is 0 Å². The van der Waals surface area contributed by atoms with E-state index in [1.807, 2.05) is 55.5 Å². The minimum absolute atomic E-state index is 0.0902. The van der Waals surface area contributed by atoms with Crippen LogP contribution < -0.4 is 15.0 Å². The Morgan fingerprint density at radius 1 is 1.04 bits per heavy atom. The van der Waals surface area contributed by atoms with Crippen LogP contribution >= 0.6 is 0 Å². The van der Waals surface area contributed by atoms with Crippen molar-refractivity contribution < 1.29 is 14.3 Å². The predicted molar refractivity (Wildman–Crippen MR) is 103 cm³/mol. The summed E-state index contributed by atoms with van der Waals surface area (Å²) < 4.78 is 5.19. The smallest absolute Gasteiger partial charge is 0.322 e. The largest absolute Gasteiger partial charge is 0.497 e. The Hall–Kier alpha value is -3.28. The number of likely N-dealkylation sites (N-methyl/N-ethyl adjacent to an activating group) is 1. The summed E-state index contributed by atoms with van der Waals surface area (Å²) in [6.07, 6.45) is 0. The molecular weight excluding hydrogens is 342 g/mol. The van der Waals surface area contributed by atoms with Gasteiger partial charge in [0.05, 0.1) is 31.0 Å². The van der Waals surface area contributed by atoms with Gasteiger partial charge in [0, 0.05) is 12.7 Å². The van der Waals surface area contributed by atoms with E-state index in [4.69, 9.17) is 4.74 Å². The monoisotopic (exact) mass is 363 g/mol. The molecule has 0 saturated carbocycles. The second-order valence-electron chi connectivity index (χ2n) is 6.80. The number of carbonyl (C=O) groups excluding carboxylic acids is 2. The first kappa shape index (κ1) is 17.1. The number of ether oxygens (including phenoxy) is 1. The van der Waals surface area contributed by atoms with E-state index in [9.17, 15) is 9.59 Å². The highest BCUT2D eigenvalue weighted by Gasteiger charge is 2.43. The van der Waals surface area contributed by atoms with Gasteiger partial charge in [-0.05, 0) is 36.8 Å². The third-order valence-corrected chi connectivity index (χ3v) is 5.16. The number of hydrogen-bond acceptors (Lipinski definition) is 3. The van der Waals surface area contributed by atoms with Gasteiger partial charge >= 0.3 is 6.03 Å². The van der Waals surface area contributed by atoms with Crippen LogP contribution in [0, 0.1) is 6.92 Å². The molecule has 6 heteroatoms. The van der Waals surface area contributed by atoms with Crippen molar-refractivity contribution >= 4 is 17.6 Å². The second-order valence-corrected chi connectivity index (χ2v) is 6.80. The molecule has 2 aromatic rings. The quantitative estimate of drug-likeness (QED) is 0.912. The highest BCUT2D eigenvalue weighted by atomic mass is 16.5. The molecule has 0 bridgehead atoms. The van der Waals surface area contributed by atoms with Gasteiger partial charge in [-0.2, -0.15) is 0 Å². The average molecular weight is 363 g/mol. The summed E-state index contributed by atoms with van der Waals surface area (Å²) in [5.74, 6) is 0.641. The summed E-state index contributed by atoms with van der Waals surface area (Å²) in [5, 5.41) is 2.96. The number of nitrogens with one attached hydrogen (secondary N) is 1. The summed E-state index contributed by atoms with van der Waals surface area (Å²) in [6.45, 7) is 2.38. The lowest BCUT2D eigenvalue weighted by molar-refractivity contribution is -0.114. The third-order valence-electron chi connectivity index (χ3n) is 5.16. The van der Waals surface area contributed by atoms with Crippen LogP contribution in [0.1, 0.15) is 17.2 Å². The SMILES string of the molecule is COc1ccc(N2CC3=C(C2=O)C(c2ccc(C)cc2)NC(=O)N3C)cc1. The van der Waals surface area contributed by atoms with Gasteiger partial charge in [0.25, 0.3) is 5.91 Å². The summed E-state index contributed by atoms with van der Waals surface area (Å²) >= 11 is 0. The Balaban J connectivity index is 1.72. The highest BCUT2D eigenvalue weighted by molar-refractivity contribution is 6.11. The van der Waals surface area contributed by atoms with E-state index < -0.39 is 6.04 Å². The van der Waals surface area contributed by atoms with Gasteiger partial charge < -0.3 is 15.0 Å². The van der Waals surface area contributed by atoms with E-state index in [0.717, 1.165) is 28.3 Å². The van der Waals surface area contributed by atoms with Crippen LogP contribution in [0.25, 0.3) is 0 Å². The van der Waals surface area contributed by atoms with Crippen molar-refractivity contribution in [2.45, 2.75) is 13.0 Å². The zero-order valence-corrected chi connectivity index (χ0v) is 15.5. The number of hydrogen-bond donors (Lipinski definition) is 1. The first-order valence-corrected chi connectivity index (χ1v) is 8.79. The number of anilines is 1. The molecule has 0 saturated heterocycles. The molecule has 0 spiro atoms. The number of urea groups is 1. The predicted octanol–water partition coefficient (Wildman–Crippen LogP) is 3.00. The normalized spacial score (nSPS) is 19.3. The molecule has 1 atom stereocenters. The molecule has 0 radical (unpaired) electrons. The Labute approximate surface area is 158 Å². The van der Waals surface area contributed by atoms with Crippen molar-refractivity contribution in [3.05, 3.63) is 70.9 Å². The minimum Gasteiger partial charge on any atom is -0.497 e. The van der Waals surface area contributed by atoms with E-state index in [1.165, 1.54) is 4.90 Å². The van der Waals surface area contributed by atoms with Gasteiger partial charge in [-0.25, -0.2) is 4.79 Å². The molecule has 2 heterocycles. The summed E-state index contributed by atoms with van der Waals surface area (Å²) in [6, 6.07) is 14.6. The van der Waals surface area contributed by atoms with Crippen molar-refractivity contribution in [1.29, 1.82) is 0 Å². The standard InChI is InChI=1S/C21H21N3O3/c1-13-4-6-14(7-5-13)19-18-17(23(2)21(26)22-19)12-24(20(18)25)15-8-10-16(27-3)11-9-15/h4-11,19H,12H2,1-3H3,(H,22,26). The maximum Gasteiger partial charge on any atom is 0.322 e. The van der Waals surface area contributed by atoms with Crippen LogP contribution in [0.5, 0.6) is 5.75 Å². The van der Waals surface area contributed by atoms with Crippen LogP contribution in [0.2, 0.25) is 0 Å². The first-order chi connectivity index (χ1) is 13.0. The van der Waals surface area contributed by atoms with Crippen molar-refractivity contribution in [1.82, 2.24) is 10.2 Å². The third kappa shape index (κ3) is 2.83. The maximum absolute atomic E-state index is 13.3. The number of amides is 3. The molecule has 1 unspecified atom stereocenters. The summed E-state index contributed by atoms with van der Waals surface area (Å²) in [7, 11) is 3.30. The minimum atomic E-state index is -0.444. The maximum atomic E-state index is 13.3. The van der Waals surface area contributed by atoms with Crippen molar-refractivity contribution in [3.8, 4) is 5.75 Å². The molecule has 1 N–H and O–H groups in total. The molecule has 6 nitrogen and oxygen atoms in total. The Morgan fingerprint density at radius 3 is 2.33 bits per heavy atom. The Bertz CT molecular complexity index is 932. The number of rotatable bonds is 3. The molecule has 4 rings (SSSR count). The molecule has 2 aliphatic heterocycles. The van der Waals surface area contributed by atoms with Crippen molar-refractivity contribution in [3.63, 3.8) is 0 Å². The number of methoxy groups -OCH3 is 1. The lowest BCUT2D eigenvalue weighted by atomic mass is 9.95. The fraction of sp³-hybridized carbons (Fsp3) is 0.238. The van der Waals surface area contributed by atoms with E-state index in [2.05, 4.69) is 5.32 Å². The van der Waals surface area contributed by atoms with Crippen molar-refractivity contribution in [2.24, 2.45) is 0 Å². The number of nitrogens with zero attached hydrogens (tertiary/aromatic N) is 2. The van der Waals surface area contributed by atoms with Crippen LogP contribution in [0.4, 0.5) is 10.5 Å². The van der Waals surface area contributed by atoms with Crippen LogP contribution in [0.3, 0.4) is 0 Å². The molecule has 27 heavy (non-hydrogen) atoms. The van der Waals surface area contributed by atoms with Gasteiger partial charge in [-0.3, -0.25) is 9.69 Å². The number of carbonyl (C=O) groups is 2. The second kappa shape index (κ2) is 6.46. The van der Waals surface area contributed by atoms with E-state index in [0.29, 0.717) is 12.1 Å². The van der Waals surface area contributed by atoms with Crippen LogP contribution in [-0.4, -0.2) is 37.5 Å². The first-order valence-electron chi connectivity index (χ1n) is 8.79. The molecule has 138 valence electrons. The lowest BCUT2D eigenvalue weighted by Crippen LogP contribution is -2.45. The summed E-state index contributed by atoms with van der Waals surface area (Å²) in [5.41, 5.74) is 4.17. The average Bonchev–Trinajstić information content (AvgIpc) is 3.03. The summed E-state index contributed by atoms with van der Waals surface area (Å²) in [4.78, 5) is 28.9. The van der Waals surface area contributed by atoms with Crippen LogP contribution in [-0.2, 0) is 4.79 Å². The Morgan fingerprint density at radius 2 is 1.70 bits per heavy atom. The molecule has 2 aliphatic rings. The number of aryl methyl sites for hydroxylation is 1. The van der Waals surface area contributed by atoms with E-state index in [1.54, 1.807) is 19.1 Å². The fourth-order valence-corrected chi connectivity index (χ4v) is 3.55. The Kier molecular flexibility index (Phi) is 4.11. The highest BCUT2D eigenvalue weighted by Crippen LogP contribution is 2.37. The van der Waals surface area contributed by atoms with E-state index >= 15 is 0 Å². The zero-order valence-electron chi connectivity index (χ0n) is 15.5. The topological polar surface area (TPSA) is 61.9 Å². The zero-order chi connectivity index (χ0) is 19.1. The lowest BCUT2D eigenvalue weighted by Gasteiger charge is -2.31. The fourth-order valence-electron chi connectivity index (χ4n) is 3.55. The molecule has 0 fully saturated rings.